The fourth-order valence-corrected chi connectivity index (χ4v) is 1.61. The van der Waals surface area contributed by atoms with E-state index in [0.29, 0.717) is 11.5 Å². The molecule has 0 fully saturated rings. The predicted molar refractivity (Wildman–Crippen MR) is 76.1 cm³/mol. The molecule has 0 saturated heterocycles. The van der Waals surface area contributed by atoms with Crippen LogP contribution in [0.5, 0.6) is 0 Å². The Morgan fingerprint density at radius 2 is 1.95 bits per heavy atom. The number of carbonyl (C=O) groups excluding carboxylic acids is 1. The number of hydrogen-bond donors (Lipinski definition) is 2. The van der Waals surface area contributed by atoms with Gasteiger partial charge in [0.1, 0.15) is 5.82 Å². The fraction of sp³-hybridized carbons (Fsp3) is 0.615. The van der Waals surface area contributed by atoms with Crippen LogP contribution in [0.15, 0.2) is 12.1 Å². The molecule has 6 nitrogen and oxygen atoms in total. The van der Waals surface area contributed by atoms with Gasteiger partial charge in [0.2, 0.25) is 0 Å². The number of anilines is 1. The van der Waals surface area contributed by atoms with Gasteiger partial charge in [0.05, 0.1) is 0 Å². The molecule has 0 unspecified atom stereocenters. The van der Waals surface area contributed by atoms with E-state index >= 15 is 0 Å². The number of nitrogens with two attached hydrogens (primary N) is 1. The Labute approximate surface area is 114 Å². The van der Waals surface area contributed by atoms with E-state index < -0.39 is 0 Å². The van der Waals surface area contributed by atoms with Crippen LogP contribution < -0.4 is 11.1 Å². The normalized spacial score (nSPS) is 10.3. The summed E-state index contributed by atoms with van der Waals surface area (Å²) in [5, 5.41) is 11.1. The van der Waals surface area contributed by atoms with Crippen molar-refractivity contribution in [2.45, 2.75) is 25.7 Å². The molecule has 6 heteroatoms. The van der Waals surface area contributed by atoms with Gasteiger partial charge in [0.15, 0.2) is 5.69 Å². The summed E-state index contributed by atoms with van der Waals surface area (Å²) in [4.78, 5) is 13.1. The van der Waals surface area contributed by atoms with Crippen molar-refractivity contribution < 1.29 is 4.79 Å². The number of unbranched alkanes of at least 4 members (excludes halogenated alkanes) is 3. The summed E-state index contributed by atoms with van der Waals surface area (Å²) in [5.74, 6) is 0.565. The summed E-state index contributed by atoms with van der Waals surface area (Å²) < 4.78 is 0. The zero-order chi connectivity index (χ0) is 14.1. The lowest BCUT2D eigenvalue weighted by Crippen LogP contribution is -2.23. The number of amides is 1. The lowest BCUT2D eigenvalue weighted by atomic mass is 10.2. The Morgan fingerprint density at radius 3 is 2.53 bits per heavy atom. The summed E-state index contributed by atoms with van der Waals surface area (Å²) in [6.07, 6.45) is 4.50. The third-order valence-electron chi connectivity index (χ3n) is 2.73. The fourth-order valence-electron chi connectivity index (χ4n) is 1.61. The third kappa shape index (κ3) is 5.65. The molecule has 0 saturated carbocycles. The maximum Gasteiger partial charge on any atom is 0.273 e. The standard InChI is InChI=1S/C13H23N5O/c1-18(2)13(19)11-7-8-12(17-16-11)15-10-6-4-3-5-9-14/h7-8H,3-6,9-10,14H2,1-2H3,(H,15,17). The molecule has 0 aliphatic rings. The molecule has 0 aliphatic carbocycles. The van der Waals surface area contributed by atoms with Crippen molar-refractivity contribution >= 4 is 11.7 Å². The van der Waals surface area contributed by atoms with E-state index in [4.69, 9.17) is 5.73 Å². The number of carbonyl (C=O) groups is 1. The molecule has 1 heterocycles. The highest BCUT2D eigenvalue weighted by Crippen LogP contribution is 2.05. The molecular formula is C13H23N5O. The average molecular weight is 265 g/mol. The van der Waals surface area contributed by atoms with E-state index in [-0.39, 0.29) is 5.91 Å². The molecule has 0 atom stereocenters. The van der Waals surface area contributed by atoms with Gasteiger partial charge in [-0.05, 0) is 31.5 Å². The first-order valence-electron chi connectivity index (χ1n) is 6.64. The van der Waals surface area contributed by atoms with Gasteiger partial charge in [-0.15, -0.1) is 10.2 Å². The van der Waals surface area contributed by atoms with Gasteiger partial charge in [-0.3, -0.25) is 4.79 Å². The summed E-state index contributed by atoms with van der Waals surface area (Å²) >= 11 is 0. The van der Waals surface area contributed by atoms with Crippen LogP contribution in [0.1, 0.15) is 36.2 Å². The van der Waals surface area contributed by atoms with Crippen LogP contribution in [0.3, 0.4) is 0 Å². The van der Waals surface area contributed by atoms with Gasteiger partial charge in [0.25, 0.3) is 5.91 Å². The Bertz CT molecular complexity index is 377. The SMILES string of the molecule is CN(C)C(=O)c1ccc(NCCCCCCN)nn1. The summed E-state index contributed by atoms with van der Waals surface area (Å²) in [6.45, 7) is 1.63. The molecule has 0 aliphatic heterocycles. The van der Waals surface area contributed by atoms with Crippen LogP contribution in [0.2, 0.25) is 0 Å². The van der Waals surface area contributed by atoms with Crippen LogP contribution in [-0.2, 0) is 0 Å². The van der Waals surface area contributed by atoms with E-state index in [1.807, 2.05) is 0 Å². The topological polar surface area (TPSA) is 84.1 Å². The van der Waals surface area contributed by atoms with Crippen molar-refractivity contribution in [2.24, 2.45) is 5.73 Å². The lowest BCUT2D eigenvalue weighted by molar-refractivity contribution is 0.0821. The van der Waals surface area contributed by atoms with Crippen molar-refractivity contribution in [3.05, 3.63) is 17.8 Å². The first-order chi connectivity index (χ1) is 9.15. The highest BCUT2D eigenvalue weighted by atomic mass is 16.2. The minimum absolute atomic E-state index is 0.138. The molecule has 19 heavy (non-hydrogen) atoms. The van der Waals surface area contributed by atoms with Crippen molar-refractivity contribution in [3.8, 4) is 0 Å². The van der Waals surface area contributed by atoms with Crippen molar-refractivity contribution in [3.63, 3.8) is 0 Å². The Hall–Kier alpha value is -1.69. The minimum Gasteiger partial charge on any atom is -0.369 e. The second-order valence-electron chi connectivity index (χ2n) is 4.63. The highest BCUT2D eigenvalue weighted by molar-refractivity contribution is 5.91. The smallest absolute Gasteiger partial charge is 0.273 e. The summed E-state index contributed by atoms with van der Waals surface area (Å²) in [7, 11) is 3.38. The Morgan fingerprint density at radius 1 is 1.21 bits per heavy atom. The molecule has 0 radical (unpaired) electrons. The molecule has 1 aromatic rings. The van der Waals surface area contributed by atoms with Gasteiger partial charge in [-0.1, -0.05) is 12.8 Å². The highest BCUT2D eigenvalue weighted by Gasteiger charge is 2.09. The van der Waals surface area contributed by atoms with E-state index in [1.54, 1.807) is 26.2 Å². The van der Waals surface area contributed by atoms with Crippen LogP contribution in [-0.4, -0.2) is 48.2 Å². The van der Waals surface area contributed by atoms with Gasteiger partial charge >= 0.3 is 0 Å². The zero-order valence-corrected chi connectivity index (χ0v) is 11.7. The zero-order valence-electron chi connectivity index (χ0n) is 11.7. The third-order valence-corrected chi connectivity index (χ3v) is 2.73. The number of hydrogen-bond acceptors (Lipinski definition) is 5. The van der Waals surface area contributed by atoms with E-state index in [1.165, 1.54) is 11.3 Å². The second-order valence-corrected chi connectivity index (χ2v) is 4.63. The minimum atomic E-state index is -0.138. The lowest BCUT2D eigenvalue weighted by Gasteiger charge is -2.09. The molecule has 0 aromatic carbocycles. The number of nitrogens with zero attached hydrogens (tertiary/aromatic N) is 3. The van der Waals surface area contributed by atoms with Gasteiger partial charge in [0, 0.05) is 20.6 Å². The van der Waals surface area contributed by atoms with Gasteiger partial charge in [-0.25, -0.2) is 0 Å². The maximum atomic E-state index is 11.6. The monoisotopic (exact) mass is 265 g/mol. The van der Waals surface area contributed by atoms with Gasteiger partial charge in [-0.2, -0.15) is 0 Å². The van der Waals surface area contributed by atoms with Crippen molar-refractivity contribution in [1.29, 1.82) is 0 Å². The molecule has 1 rings (SSSR count). The largest absolute Gasteiger partial charge is 0.369 e. The summed E-state index contributed by atoms with van der Waals surface area (Å²) in [5.41, 5.74) is 5.79. The van der Waals surface area contributed by atoms with Crippen LogP contribution in [0, 0.1) is 0 Å². The number of nitrogens with one attached hydrogen (secondary N) is 1. The number of aromatic nitrogens is 2. The van der Waals surface area contributed by atoms with Crippen LogP contribution >= 0.6 is 0 Å². The molecule has 3 N–H and O–H groups in total. The first kappa shape index (κ1) is 15.4. The average Bonchev–Trinajstić information content (AvgIpc) is 2.42. The Kier molecular flexibility index (Phi) is 6.81. The molecule has 106 valence electrons. The molecule has 1 aromatic heterocycles. The van der Waals surface area contributed by atoms with Crippen LogP contribution in [0.4, 0.5) is 5.82 Å². The maximum absolute atomic E-state index is 11.6. The Balaban J connectivity index is 2.30. The number of rotatable bonds is 8. The molecule has 0 bridgehead atoms. The molecular weight excluding hydrogens is 242 g/mol. The van der Waals surface area contributed by atoms with E-state index in [0.717, 1.165) is 32.4 Å². The van der Waals surface area contributed by atoms with E-state index in [9.17, 15) is 4.79 Å². The van der Waals surface area contributed by atoms with Crippen LogP contribution in [0.25, 0.3) is 0 Å². The quantitative estimate of drug-likeness (QED) is 0.688. The first-order valence-corrected chi connectivity index (χ1v) is 6.64. The van der Waals surface area contributed by atoms with Crippen molar-refractivity contribution in [1.82, 2.24) is 15.1 Å². The second kappa shape index (κ2) is 8.42. The van der Waals surface area contributed by atoms with Crippen molar-refractivity contribution in [2.75, 3.05) is 32.5 Å². The van der Waals surface area contributed by atoms with Gasteiger partial charge < -0.3 is 16.0 Å². The summed E-state index contributed by atoms with van der Waals surface area (Å²) in [6, 6.07) is 3.47. The van der Waals surface area contributed by atoms with E-state index in [2.05, 4.69) is 15.5 Å². The molecule has 1 amide bonds. The predicted octanol–water partition coefficient (Wildman–Crippen LogP) is 1.11. The molecule has 0 spiro atoms.